The van der Waals surface area contributed by atoms with Crippen LogP contribution in [0.3, 0.4) is 0 Å². The molecule has 0 amide bonds. The molecule has 6 heteroatoms. The van der Waals surface area contributed by atoms with Gasteiger partial charge in [-0.25, -0.2) is 26.3 Å². The number of hydrogen-bond acceptors (Lipinski definition) is 0. The highest BCUT2D eigenvalue weighted by Crippen LogP contribution is 2.44. The Labute approximate surface area is 558 Å². The number of alkyl halides is 6. The van der Waals surface area contributed by atoms with Crippen molar-refractivity contribution in [2.24, 2.45) is 73.9 Å². The van der Waals surface area contributed by atoms with Crippen LogP contribution in [0.1, 0.15) is 427 Å². The van der Waals surface area contributed by atoms with Gasteiger partial charge >= 0.3 is 0 Å². The minimum Gasteiger partial charge on any atom is -0.244 e. The zero-order valence-electron chi connectivity index (χ0n) is 70.0. The Balaban J connectivity index is -0.0000000964. The molecule has 88 heavy (non-hydrogen) atoms. The van der Waals surface area contributed by atoms with E-state index in [2.05, 4.69) is 194 Å². The molecule has 0 aliphatic rings. The van der Waals surface area contributed by atoms with Crippen molar-refractivity contribution in [2.75, 3.05) is 0 Å². The molecule has 548 valence electrons. The Bertz CT molecular complexity index is 1420. The van der Waals surface area contributed by atoms with Gasteiger partial charge in [-0.15, -0.1) is 0 Å². The molecule has 0 bridgehead atoms. The van der Waals surface area contributed by atoms with Crippen LogP contribution in [0.2, 0.25) is 0 Å². The SMILES string of the molecule is CC(C)C(C(C)C)C(C)(C)F.CC(C)C(C)(C)C.CCC(C)(CC)C(C)(C)C.CCC(C)(CC)[C@@](C)(F)CC.CCC(C)(F)CC.CCC(CC)C(C)(C)C.CCC(CC)[C@@](C)(F)CC.CCCC(C)(C)C.CCCC(C)(F)CC.CC[C@](C)(F)C(C)C. The standard InChI is InChI=1S/2C10H21F.C10H22.C9H19F.C9H20.2C7H15F.2C7H16.C6H13F/c1-7(2)9(8(3)4)10(5,6)11;1-6-9(4,7-2)10(5,11)8-3;1-7-10(6,8-2)9(3,4)5;1-5-8(6-2)9(4,10)7-3;1-6-8(7-2)9(3,4)5;1-5-7(4,8)6(2)3;1-4-6-7(3,8)5-2;1-6(2)7(3,4)5;1-5-6-7(2,3)4;1-4-6(3,7)5-2/h7-9H,1-6H3;6-8H2,1-5H3;7-8H2,1-6H3;8H,5-7H2,1-4H3;8H,6-7H2,1-5H3;6H,5H2,1-4H3;4-6H2,1-3H3;6H,1-5H3;5-6H2,1-4H3;4-5H2,1-3H3/t;10-;;9-;;7-;;;;/m.0.0.0..../s1. The van der Waals surface area contributed by atoms with Gasteiger partial charge in [0.15, 0.2) is 0 Å². The van der Waals surface area contributed by atoms with Gasteiger partial charge in [0.05, 0.1) is 0 Å². The summed E-state index contributed by atoms with van der Waals surface area (Å²) in [7, 11) is 0. The molecular formula is C82H178F6. The van der Waals surface area contributed by atoms with Crippen molar-refractivity contribution < 1.29 is 26.3 Å². The van der Waals surface area contributed by atoms with Gasteiger partial charge < -0.3 is 0 Å². The van der Waals surface area contributed by atoms with Gasteiger partial charge in [-0.2, -0.15) is 0 Å². The third kappa shape index (κ3) is 59.3. The summed E-state index contributed by atoms with van der Waals surface area (Å²) in [6.45, 7) is 93.3. The van der Waals surface area contributed by atoms with Crippen molar-refractivity contribution >= 4 is 0 Å². The van der Waals surface area contributed by atoms with Crippen molar-refractivity contribution in [2.45, 2.75) is 461 Å². The van der Waals surface area contributed by atoms with E-state index < -0.39 is 34.0 Å². The highest BCUT2D eigenvalue weighted by Gasteiger charge is 2.41. The fourth-order valence-electron chi connectivity index (χ4n) is 10.1. The molecule has 0 radical (unpaired) electrons. The minimum atomic E-state index is -1.04. The van der Waals surface area contributed by atoms with Gasteiger partial charge in [0, 0.05) is 5.41 Å². The molecule has 0 saturated heterocycles. The Hall–Kier alpha value is -0.420. The molecular weight excluding hydrogens is 1100 g/mol. The molecule has 0 heterocycles. The summed E-state index contributed by atoms with van der Waals surface area (Å²) in [5.41, 5.74) is -3.36. The lowest BCUT2D eigenvalue weighted by molar-refractivity contribution is 0.00941. The Morgan fingerprint density at radius 2 is 0.568 bits per heavy atom. The van der Waals surface area contributed by atoms with E-state index in [0.717, 1.165) is 43.9 Å². The molecule has 0 rings (SSSR count). The van der Waals surface area contributed by atoms with E-state index in [4.69, 9.17) is 0 Å². The van der Waals surface area contributed by atoms with Gasteiger partial charge in [-0.05, 0) is 181 Å². The Morgan fingerprint density at radius 3 is 0.602 bits per heavy atom. The van der Waals surface area contributed by atoms with E-state index in [1.54, 1.807) is 48.5 Å². The zero-order valence-corrected chi connectivity index (χ0v) is 70.0. The molecule has 0 N–H and O–H groups in total. The van der Waals surface area contributed by atoms with Crippen molar-refractivity contribution in [1.82, 2.24) is 0 Å². The van der Waals surface area contributed by atoms with Crippen LogP contribution in [0.4, 0.5) is 26.3 Å². The van der Waals surface area contributed by atoms with Gasteiger partial charge in [0.2, 0.25) is 0 Å². The van der Waals surface area contributed by atoms with E-state index in [1.807, 2.05) is 69.2 Å². The van der Waals surface area contributed by atoms with Gasteiger partial charge in [0.1, 0.15) is 34.0 Å². The van der Waals surface area contributed by atoms with Crippen LogP contribution in [0.5, 0.6) is 0 Å². The zero-order chi connectivity index (χ0) is 73.8. The molecule has 1 unspecified atom stereocenters. The van der Waals surface area contributed by atoms with Gasteiger partial charge in [-0.1, -0.05) is 314 Å². The fourth-order valence-corrected chi connectivity index (χ4v) is 10.1. The van der Waals surface area contributed by atoms with Gasteiger partial charge in [-0.3, -0.25) is 0 Å². The number of hydrogen-bond donors (Lipinski definition) is 0. The first-order valence-corrected chi connectivity index (χ1v) is 37.1. The summed E-state index contributed by atoms with van der Waals surface area (Å²) in [4.78, 5) is 0. The summed E-state index contributed by atoms with van der Waals surface area (Å²) in [5.74, 6) is 3.11. The van der Waals surface area contributed by atoms with E-state index in [-0.39, 0.29) is 23.2 Å². The maximum Gasteiger partial charge on any atom is 0.113 e. The second-order valence-corrected chi connectivity index (χ2v) is 34.2. The quantitative estimate of drug-likeness (QED) is 0.0895. The van der Waals surface area contributed by atoms with Crippen molar-refractivity contribution in [3.63, 3.8) is 0 Å². The summed E-state index contributed by atoms with van der Waals surface area (Å²) < 4.78 is 79.2. The van der Waals surface area contributed by atoms with E-state index in [0.29, 0.717) is 83.9 Å². The molecule has 0 fully saturated rings. The number of rotatable bonds is 23. The largest absolute Gasteiger partial charge is 0.244 e. The van der Waals surface area contributed by atoms with Crippen LogP contribution in [0.25, 0.3) is 0 Å². The van der Waals surface area contributed by atoms with Crippen LogP contribution in [-0.4, -0.2) is 34.0 Å². The van der Waals surface area contributed by atoms with Crippen molar-refractivity contribution in [3.8, 4) is 0 Å². The summed E-state index contributed by atoms with van der Waals surface area (Å²) >= 11 is 0. The molecule has 0 nitrogen and oxygen atoms in total. The van der Waals surface area contributed by atoms with Crippen LogP contribution >= 0.6 is 0 Å². The predicted molar refractivity (Wildman–Crippen MR) is 400 cm³/mol. The highest BCUT2D eigenvalue weighted by molar-refractivity contribution is 4.90. The first kappa shape index (κ1) is 109. The average Bonchev–Trinajstić information content (AvgIpc) is 3.38. The Kier molecular flexibility index (Phi) is 64.3. The third-order valence-electron chi connectivity index (χ3n) is 21.4. The second-order valence-electron chi connectivity index (χ2n) is 34.2. The first-order valence-electron chi connectivity index (χ1n) is 37.1. The lowest BCUT2D eigenvalue weighted by Gasteiger charge is -2.40. The topological polar surface area (TPSA) is 0 Å². The highest BCUT2D eigenvalue weighted by atomic mass is 19.2. The molecule has 0 aromatic rings. The molecule has 4 atom stereocenters. The van der Waals surface area contributed by atoms with Crippen LogP contribution in [0.15, 0.2) is 0 Å². The molecule has 0 aliphatic carbocycles. The smallest absolute Gasteiger partial charge is 0.113 e. The number of halogens is 6. The second kappa shape index (κ2) is 51.9. The van der Waals surface area contributed by atoms with Crippen LogP contribution in [0, 0.1) is 73.9 Å². The van der Waals surface area contributed by atoms with Gasteiger partial charge in [0.25, 0.3) is 0 Å². The molecule has 0 aliphatic heterocycles. The normalized spacial score (nSPS) is 15.1. The van der Waals surface area contributed by atoms with Crippen LogP contribution in [-0.2, 0) is 0 Å². The Morgan fingerprint density at radius 1 is 0.284 bits per heavy atom. The maximum atomic E-state index is 13.9. The molecule has 0 aromatic heterocycles. The minimum absolute atomic E-state index is 0.137. The lowest BCUT2D eigenvalue weighted by Crippen LogP contribution is -2.38. The maximum absolute atomic E-state index is 13.9. The monoisotopic (exact) mass is 1280 g/mol. The molecule has 0 spiro atoms. The van der Waals surface area contributed by atoms with E-state index >= 15 is 0 Å². The fraction of sp³-hybridized carbons (Fsp3) is 1.00. The summed E-state index contributed by atoms with van der Waals surface area (Å²) in [6.07, 6.45) is 17.0. The summed E-state index contributed by atoms with van der Waals surface area (Å²) in [5, 5.41) is 0. The third-order valence-corrected chi connectivity index (χ3v) is 21.4. The van der Waals surface area contributed by atoms with E-state index in [9.17, 15) is 26.3 Å². The van der Waals surface area contributed by atoms with Crippen LogP contribution < -0.4 is 0 Å². The lowest BCUT2D eigenvalue weighted by atomic mass is 9.65. The molecule has 0 aromatic carbocycles. The first-order chi connectivity index (χ1) is 38.9. The van der Waals surface area contributed by atoms with Crippen molar-refractivity contribution in [1.29, 1.82) is 0 Å². The average molecular weight is 1280 g/mol. The van der Waals surface area contributed by atoms with Crippen molar-refractivity contribution in [3.05, 3.63) is 0 Å². The summed E-state index contributed by atoms with van der Waals surface area (Å²) in [6, 6.07) is 0. The predicted octanol–water partition coefficient (Wildman–Crippen LogP) is 32.3. The molecule has 0 saturated carbocycles. The van der Waals surface area contributed by atoms with E-state index in [1.165, 1.54) is 38.5 Å².